The van der Waals surface area contributed by atoms with E-state index in [1.807, 2.05) is 84.9 Å². The minimum absolute atomic E-state index is 0.0132. The number of benzene rings is 4. The summed E-state index contributed by atoms with van der Waals surface area (Å²) in [6.45, 7) is 0.506. The first kappa shape index (κ1) is 22.8. The molecule has 6 rings (SSSR count). The molecule has 37 heavy (non-hydrogen) atoms. The van der Waals surface area contributed by atoms with Gasteiger partial charge in [0.05, 0.1) is 11.7 Å². The molecule has 0 saturated heterocycles. The van der Waals surface area contributed by atoms with Crippen LogP contribution in [-0.4, -0.2) is 34.8 Å². The maximum absolute atomic E-state index is 13.7. The molecule has 0 bridgehead atoms. The lowest BCUT2D eigenvalue weighted by molar-refractivity contribution is -0.122. The van der Waals surface area contributed by atoms with Crippen LogP contribution in [0.4, 0.5) is 0 Å². The first-order chi connectivity index (χ1) is 18.2. The molecule has 1 aliphatic heterocycles. The smallest absolute Gasteiger partial charge is 0.255 e. The molecule has 1 aromatic heterocycles. The van der Waals surface area contributed by atoms with Crippen LogP contribution in [0, 0.1) is 0 Å². The van der Waals surface area contributed by atoms with Gasteiger partial charge in [0.25, 0.3) is 5.91 Å². The SMILES string of the molecule is O=C(CN1C(=O)c2ccccc2[C@@H]1c1c(-c2ccccc2)[nH]c2ccccc12)NCCc1ccccc1. The Labute approximate surface area is 215 Å². The van der Waals surface area contributed by atoms with Crippen molar-refractivity contribution in [2.24, 2.45) is 0 Å². The van der Waals surface area contributed by atoms with Gasteiger partial charge in [-0.2, -0.15) is 0 Å². The maximum atomic E-state index is 13.7. The third kappa shape index (κ3) is 4.29. The van der Waals surface area contributed by atoms with E-state index in [4.69, 9.17) is 0 Å². The molecule has 1 aliphatic rings. The maximum Gasteiger partial charge on any atom is 0.255 e. The number of carbonyl (C=O) groups excluding carboxylic acids is 2. The Kier molecular flexibility index (Phi) is 6.03. The third-order valence-corrected chi connectivity index (χ3v) is 7.03. The van der Waals surface area contributed by atoms with Gasteiger partial charge in [0, 0.05) is 28.6 Å². The second-order valence-corrected chi connectivity index (χ2v) is 9.33. The molecule has 0 radical (unpaired) electrons. The summed E-state index contributed by atoms with van der Waals surface area (Å²) in [5.74, 6) is -0.286. The fourth-order valence-corrected chi connectivity index (χ4v) is 5.33. The number of H-pyrrole nitrogens is 1. The molecule has 4 aromatic carbocycles. The van der Waals surface area contributed by atoms with Crippen molar-refractivity contribution in [3.8, 4) is 11.3 Å². The van der Waals surface area contributed by atoms with Gasteiger partial charge in [-0.05, 0) is 35.2 Å². The lowest BCUT2D eigenvalue weighted by Gasteiger charge is -2.26. The van der Waals surface area contributed by atoms with Crippen LogP contribution in [0.1, 0.15) is 33.1 Å². The van der Waals surface area contributed by atoms with Gasteiger partial charge in [0.1, 0.15) is 6.54 Å². The topological polar surface area (TPSA) is 65.2 Å². The summed E-state index contributed by atoms with van der Waals surface area (Å²) in [6, 6.07) is 35.7. The predicted octanol–water partition coefficient (Wildman–Crippen LogP) is 5.74. The number of hydrogen-bond donors (Lipinski definition) is 2. The second kappa shape index (κ2) is 9.78. The normalized spacial score (nSPS) is 14.6. The van der Waals surface area contributed by atoms with E-state index in [1.165, 1.54) is 0 Å². The molecule has 2 N–H and O–H groups in total. The van der Waals surface area contributed by atoms with Crippen LogP contribution in [0.3, 0.4) is 0 Å². The summed E-state index contributed by atoms with van der Waals surface area (Å²) in [7, 11) is 0. The van der Waals surface area contributed by atoms with Gasteiger partial charge in [0.2, 0.25) is 5.91 Å². The van der Waals surface area contributed by atoms with Gasteiger partial charge in [-0.1, -0.05) is 97.1 Å². The lowest BCUT2D eigenvalue weighted by atomic mass is 9.93. The standard InChI is InChI=1S/C32H27N3O2/c36-28(33-20-19-22-11-3-1-4-12-22)21-35-31(24-15-7-8-16-25(24)32(35)37)29-26-17-9-10-18-27(26)34-30(29)23-13-5-2-6-14-23/h1-18,31,34H,19-21H2,(H,33,36)/t31-/m1/s1. The van der Waals surface area contributed by atoms with Crippen LogP contribution in [0.5, 0.6) is 0 Å². The fraction of sp³-hybridized carbons (Fsp3) is 0.125. The third-order valence-electron chi connectivity index (χ3n) is 7.03. The molecular weight excluding hydrogens is 458 g/mol. The molecule has 5 aromatic rings. The van der Waals surface area contributed by atoms with E-state index in [-0.39, 0.29) is 24.4 Å². The van der Waals surface area contributed by atoms with E-state index in [1.54, 1.807) is 4.90 Å². The van der Waals surface area contributed by atoms with Gasteiger partial charge < -0.3 is 15.2 Å². The number of amides is 2. The number of nitrogens with zero attached hydrogens (tertiary/aromatic N) is 1. The summed E-state index contributed by atoms with van der Waals surface area (Å²) in [6.07, 6.45) is 0.741. The van der Waals surface area contributed by atoms with E-state index in [0.29, 0.717) is 12.1 Å². The summed E-state index contributed by atoms with van der Waals surface area (Å²) >= 11 is 0. The number of fused-ring (bicyclic) bond motifs is 2. The van der Waals surface area contributed by atoms with Crippen molar-refractivity contribution >= 4 is 22.7 Å². The van der Waals surface area contributed by atoms with Crippen molar-refractivity contribution in [1.82, 2.24) is 15.2 Å². The van der Waals surface area contributed by atoms with Gasteiger partial charge in [-0.3, -0.25) is 9.59 Å². The number of aromatic amines is 1. The summed E-state index contributed by atoms with van der Waals surface area (Å²) < 4.78 is 0. The predicted molar refractivity (Wildman–Crippen MR) is 146 cm³/mol. The van der Waals surface area contributed by atoms with E-state index in [2.05, 4.69) is 34.6 Å². The quantitative estimate of drug-likeness (QED) is 0.309. The van der Waals surface area contributed by atoms with Crippen molar-refractivity contribution in [2.75, 3.05) is 13.1 Å². The minimum atomic E-state index is -0.380. The van der Waals surface area contributed by atoms with Crippen molar-refractivity contribution in [3.63, 3.8) is 0 Å². The summed E-state index contributed by atoms with van der Waals surface area (Å²) in [5, 5.41) is 4.06. The molecule has 2 heterocycles. The van der Waals surface area contributed by atoms with E-state index in [0.717, 1.165) is 45.3 Å². The molecule has 182 valence electrons. The average molecular weight is 486 g/mol. The molecule has 0 aliphatic carbocycles. The van der Waals surface area contributed by atoms with Crippen molar-refractivity contribution in [1.29, 1.82) is 0 Å². The molecule has 5 heteroatoms. The van der Waals surface area contributed by atoms with Crippen LogP contribution in [0.25, 0.3) is 22.2 Å². The highest BCUT2D eigenvalue weighted by Crippen LogP contribution is 2.45. The van der Waals surface area contributed by atoms with Crippen LogP contribution in [-0.2, 0) is 11.2 Å². The molecule has 2 amide bonds. The number of para-hydroxylation sites is 1. The van der Waals surface area contributed by atoms with E-state index < -0.39 is 0 Å². The Morgan fingerprint density at radius 2 is 1.49 bits per heavy atom. The highest BCUT2D eigenvalue weighted by molar-refractivity contribution is 6.03. The minimum Gasteiger partial charge on any atom is -0.354 e. The Bertz CT molecular complexity index is 1570. The number of nitrogens with one attached hydrogen (secondary N) is 2. The Hall–Kier alpha value is -4.64. The molecule has 1 atom stereocenters. The van der Waals surface area contributed by atoms with Crippen LogP contribution >= 0.6 is 0 Å². The van der Waals surface area contributed by atoms with Crippen molar-refractivity contribution in [3.05, 3.63) is 131 Å². The first-order valence-electron chi connectivity index (χ1n) is 12.6. The Morgan fingerprint density at radius 3 is 2.30 bits per heavy atom. The zero-order valence-electron chi connectivity index (χ0n) is 20.4. The zero-order chi connectivity index (χ0) is 25.2. The van der Waals surface area contributed by atoms with E-state index >= 15 is 0 Å². The summed E-state index contributed by atoms with van der Waals surface area (Å²) in [4.78, 5) is 32.1. The Morgan fingerprint density at radius 1 is 0.811 bits per heavy atom. The van der Waals surface area contributed by atoms with Gasteiger partial charge in [0.15, 0.2) is 0 Å². The van der Waals surface area contributed by atoms with Gasteiger partial charge in [-0.15, -0.1) is 0 Å². The molecular formula is C32H27N3O2. The number of rotatable bonds is 7. The summed E-state index contributed by atoms with van der Waals surface area (Å²) in [5.41, 5.74) is 6.75. The second-order valence-electron chi connectivity index (χ2n) is 9.33. The van der Waals surface area contributed by atoms with Crippen LogP contribution < -0.4 is 5.32 Å². The first-order valence-corrected chi connectivity index (χ1v) is 12.6. The molecule has 0 spiro atoms. The number of aromatic nitrogens is 1. The fourth-order valence-electron chi connectivity index (χ4n) is 5.33. The van der Waals surface area contributed by atoms with Gasteiger partial charge in [-0.25, -0.2) is 0 Å². The van der Waals surface area contributed by atoms with Crippen LogP contribution in [0.15, 0.2) is 109 Å². The average Bonchev–Trinajstić information content (AvgIpc) is 3.45. The van der Waals surface area contributed by atoms with Crippen molar-refractivity contribution < 1.29 is 9.59 Å². The largest absolute Gasteiger partial charge is 0.354 e. The monoisotopic (exact) mass is 485 g/mol. The highest BCUT2D eigenvalue weighted by Gasteiger charge is 2.40. The van der Waals surface area contributed by atoms with Crippen LogP contribution in [0.2, 0.25) is 0 Å². The Balaban J connectivity index is 1.37. The van der Waals surface area contributed by atoms with Crippen molar-refractivity contribution in [2.45, 2.75) is 12.5 Å². The number of hydrogen-bond acceptors (Lipinski definition) is 2. The zero-order valence-corrected chi connectivity index (χ0v) is 20.4. The molecule has 0 fully saturated rings. The van der Waals surface area contributed by atoms with Gasteiger partial charge >= 0.3 is 0 Å². The molecule has 5 nitrogen and oxygen atoms in total. The molecule has 0 saturated carbocycles. The number of carbonyl (C=O) groups is 2. The lowest BCUT2D eigenvalue weighted by Crippen LogP contribution is -2.40. The molecule has 0 unspecified atom stereocenters. The van der Waals surface area contributed by atoms with E-state index in [9.17, 15) is 9.59 Å². The highest BCUT2D eigenvalue weighted by atomic mass is 16.2.